The molecule has 0 aliphatic carbocycles. The predicted octanol–water partition coefficient (Wildman–Crippen LogP) is 3.36. The second-order valence-electron chi connectivity index (χ2n) is 3.63. The Balaban J connectivity index is 2.09. The zero-order chi connectivity index (χ0) is 12.8. The highest BCUT2D eigenvalue weighted by molar-refractivity contribution is 6.17. The summed E-state index contributed by atoms with van der Waals surface area (Å²) in [6.45, 7) is 2.50. The average Bonchev–Trinajstić information content (AvgIpc) is 2.40. The van der Waals surface area contributed by atoms with Crippen molar-refractivity contribution in [3.63, 3.8) is 0 Å². The predicted molar refractivity (Wildman–Crippen MR) is 72.5 cm³/mol. The van der Waals surface area contributed by atoms with E-state index in [9.17, 15) is 0 Å². The third-order valence-corrected chi connectivity index (χ3v) is 2.62. The third-order valence-electron chi connectivity index (χ3n) is 2.31. The number of nitrogens with one attached hydrogen (secondary N) is 1. The van der Waals surface area contributed by atoms with Gasteiger partial charge in [0.1, 0.15) is 12.1 Å². The number of hydrogen-bond donors (Lipinski definition) is 1. The second-order valence-corrected chi connectivity index (χ2v) is 3.90. The van der Waals surface area contributed by atoms with Crippen molar-refractivity contribution in [3.8, 4) is 5.88 Å². The first-order chi connectivity index (χ1) is 8.81. The van der Waals surface area contributed by atoms with Crippen molar-refractivity contribution >= 4 is 23.1 Å². The smallest absolute Gasteiger partial charge is 0.218 e. The van der Waals surface area contributed by atoms with E-state index in [1.165, 1.54) is 6.33 Å². The van der Waals surface area contributed by atoms with Gasteiger partial charge in [0, 0.05) is 17.6 Å². The monoisotopic (exact) mass is 263 g/mol. The van der Waals surface area contributed by atoms with Crippen LogP contribution in [0.1, 0.15) is 12.5 Å². The number of nitrogens with zero attached hydrogens (tertiary/aromatic N) is 2. The molecule has 1 N–H and O–H groups in total. The Morgan fingerprint density at radius 3 is 2.67 bits per heavy atom. The second kappa shape index (κ2) is 6.21. The molecule has 0 atom stereocenters. The summed E-state index contributed by atoms with van der Waals surface area (Å²) >= 11 is 5.74. The summed E-state index contributed by atoms with van der Waals surface area (Å²) < 4.78 is 5.31. The molecule has 0 amide bonds. The fourth-order valence-corrected chi connectivity index (χ4v) is 1.64. The van der Waals surface area contributed by atoms with E-state index >= 15 is 0 Å². The van der Waals surface area contributed by atoms with Gasteiger partial charge in [0.05, 0.1) is 6.61 Å². The summed E-state index contributed by atoms with van der Waals surface area (Å²) in [5, 5.41) is 3.18. The molecule has 0 aliphatic heterocycles. The van der Waals surface area contributed by atoms with Crippen molar-refractivity contribution in [1.29, 1.82) is 0 Å². The van der Waals surface area contributed by atoms with E-state index in [0.717, 1.165) is 11.3 Å². The SMILES string of the molecule is CCOc1cc(Nc2ccc(CCl)cc2)ncn1. The number of aromatic nitrogens is 2. The first kappa shape index (κ1) is 12.6. The van der Waals surface area contributed by atoms with Crippen molar-refractivity contribution in [2.75, 3.05) is 11.9 Å². The molecule has 0 spiro atoms. The molecule has 0 saturated heterocycles. The van der Waals surface area contributed by atoms with Gasteiger partial charge in [0.15, 0.2) is 0 Å². The lowest BCUT2D eigenvalue weighted by Gasteiger charge is -2.07. The van der Waals surface area contributed by atoms with E-state index in [0.29, 0.717) is 24.2 Å². The minimum absolute atomic E-state index is 0.516. The molecule has 0 aliphatic rings. The van der Waals surface area contributed by atoms with Crippen LogP contribution in [0.4, 0.5) is 11.5 Å². The first-order valence-electron chi connectivity index (χ1n) is 5.68. The molecule has 1 heterocycles. The van der Waals surface area contributed by atoms with Crippen LogP contribution in [0, 0.1) is 0 Å². The number of ether oxygens (including phenoxy) is 1. The lowest BCUT2D eigenvalue weighted by atomic mass is 10.2. The standard InChI is InChI=1S/C13H14ClN3O/c1-2-18-13-7-12(15-9-16-13)17-11-5-3-10(8-14)4-6-11/h3-7,9H,2,8H2,1H3,(H,15,16,17). The molecule has 18 heavy (non-hydrogen) atoms. The Labute approximate surface area is 111 Å². The fraction of sp³-hybridized carbons (Fsp3) is 0.231. The maximum absolute atomic E-state index is 5.74. The molecule has 0 fully saturated rings. The molecule has 0 unspecified atom stereocenters. The molecule has 4 nitrogen and oxygen atoms in total. The van der Waals surface area contributed by atoms with Crippen LogP contribution in [0.25, 0.3) is 0 Å². The molecule has 94 valence electrons. The summed E-state index contributed by atoms with van der Waals surface area (Å²) in [4.78, 5) is 8.14. The maximum Gasteiger partial charge on any atom is 0.218 e. The zero-order valence-electron chi connectivity index (χ0n) is 10.1. The molecule has 2 aromatic rings. The van der Waals surface area contributed by atoms with Crippen LogP contribution in [0.5, 0.6) is 5.88 Å². The number of halogens is 1. The lowest BCUT2D eigenvalue weighted by molar-refractivity contribution is 0.326. The van der Waals surface area contributed by atoms with Crippen LogP contribution in [0.2, 0.25) is 0 Å². The topological polar surface area (TPSA) is 47.0 Å². The van der Waals surface area contributed by atoms with E-state index in [1.807, 2.05) is 31.2 Å². The number of alkyl halides is 1. The van der Waals surface area contributed by atoms with E-state index in [1.54, 1.807) is 6.07 Å². The Kier molecular flexibility index (Phi) is 4.36. The molecule has 2 rings (SSSR count). The van der Waals surface area contributed by atoms with Gasteiger partial charge in [-0.05, 0) is 24.6 Å². The lowest BCUT2D eigenvalue weighted by Crippen LogP contribution is -1.98. The van der Waals surface area contributed by atoms with Gasteiger partial charge >= 0.3 is 0 Å². The fourth-order valence-electron chi connectivity index (χ4n) is 1.46. The Morgan fingerprint density at radius 2 is 2.00 bits per heavy atom. The van der Waals surface area contributed by atoms with Crippen LogP contribution in [0.3, 0.4) is 0 Å². The molecule has 0 bridgehead atoms. The van der Waals surface area contributed by atoms with Gasteiger partial charge in [0.25, 0.3) is 0 Å². The van der Waals surface area contributed by atoms with Crippen molar-refractivity contribution in [3.05, 3.63) is 42.2 Å². The Morgan fingerprint density at radius 1 is 1.22 bits per heavy atom. The van der Waals surface area contributed by atoms with Gasteiger partial charge in [0.2, 0.25) is 5.88 Å². The van der Waals surface area contributed by atoms with Crippen LogP contribution in [-0.4, -0.2) is 16.6 Å². The van der Waals surface area contributed by atoms with Crippen molar-refractivity contribution in [2.24, 2.45) is 0 Å². The van der Waals surface area contributed by atoms with Gasteiger partial charge in [-0.1, -0.05) is 12.1 Å². The number of hydrogen-bond acceptors (Lipinski definition) is 4. The summed E-state index contributed by atoms with van der Waals surface area (Å²) in [7, 11) is 0. The highest BCUT2D eigenvalue weighted by atomic mass is 35.5. The summed E-state index contributed by atoms with van der Waals surface area (Å²) in [6.07, 6.45) is 1.47. The molecule has 1 aromatic carbocycles. The third kappa shape index (κ3) is 3.34. The minimum Gasteiger partial charge on any atom is -0.478 e. The quantitative estimate of drug-likeness (QED) is 0.841. The maximum atomic E-state index is 5.74. The molecule has 0 radical (unpaired) electrons. The first-order valence-corrected chi connectivity index (χ1v) is 6.22. The molecule has 1 aromatic heterocycles. The van der Waals surface area contributed by atoms with Crippen LogP contribution in [0.15, 0.2) is 36.7 Å². The van der Waals surface area contributed by atoms with Crippen LogP contribution in [-0.2, 0) is 5.88 Å². The summed E-state index contributed by atoms with van der Waals surface area (Å²) in [5.41, 5.74) is 2.03. The van der Waals surface area contributed by atoms with E-state index in [2.05, 4.69) is 15.3 Å². The molecule has 0 saturated carbocycles. The van der Waals surface area contributed by atoms with Crippen molar-refractivity contribution < 1.29 is 4.74 Å². The van der Waals surface area contributed by atoms with E-state index < -0.39 is 0 Å². The average molecular weight is 264 g/mol. The molecular weight excluding hydrogens is 250 g/mol. The summed E-state index contributed by atoms with van der Waals surface area (Å²) in [6, 6.07) is 9.62. The molecular formula is C13H14ClN3O. The van der Waals surface area contributed by atoms with Gasteiger partial charge in [-0.25, -0.2) is 9.97 Å². The zero-order valence-corrected chi connectivity index (χ0v) is 10.8. The van der Waals surface area contributed by atoms with Gasteiger partial charge in [-0.15, -0.1) is 11.6 Å². The number of rotatable bonds is 5. The Bertz CT molecular complexity index is 502. The van der Waals surface area contributed by atoms with E-state index in [-0.39, 0.29) is 0 Å². The highest BCUT2D eigenvalue weighted by Crippen LogP contribution is 2.18. The molecule has 5 heteroatoms. The Hall–Kier alpha value is -1.81. The minimum atomic E-state index is 0.516. The van der Waals surface area contributed by atoms with E-state index in [4.69, 9.17) is 16.3 Å². The van der Waals surface area contributed by atoms with Crippen LogP contribution >= 0.6 is 11.6 Å². The van der Waals surface area contributed by atoms with Gasteiger partial charge < -0.3 is 10.1 Å². The van der Waals surface area contributed by atoms with Crippen molar-refractivity contribution in [2.45, 2.75) is 12.8 Å². The number of anilines is 2. The van der Waals surface area contributed by atoms with Gasteiger partial charge in [-0.3, -0.25) is 0 Å². The van der Waals surface area contributed by atoms with Crippen LogP contribution < -0.4 is 10.1 Å². The van der Waals surface area contributed by atoms with Gasteiger partial charge in [-0.2, -0.15) is 0 Å². The highest BCUT2D eigenvalue weighted by Gasteiger charge is 2.00. The summed E-state index contributed by atoms with van der Waals surface area (Å²) in [5.74, 6) is 1.78. The largest absolute Gasteiger partial charge is 0.478 e. The number of benzene rings is 1. The normalized spacial score (nSPS) is 10.1. The van der Waals surface area contributed by atoms with Crippen molar-refractivity contribution in [1.82, 2.24) is 9.97 Å².